The second-order valence-corrected chi connectivity index (χ2v) is 8.42. The summed E-state index contributed by atoms with van der Waals surface area (Å²) in [5.41, 5.74) is 1.13. The fourth-order valence-electron chi connectivity index (χ4n) is 3.03. The predicted octanol–water partition coefficient (Wildman–Crippen LogP) is 5.26. The molecule has 2 aromatic carbocycles. The Labute approximate surface area is 177 Å². The summed E-state index contributed by atoms with van der Waals surface area (Å²) in [5.74, 6) is -0.452. The van der Waals surface area contributed by atoms with E-state index in [-0.39, 0.29) is 13.0 Å². The minimum absolute atomic E-state index is 0.0937. The Morgan fingerprint density at radius 3 is 2.33 bits per heavy atom. The van der Waals surface area contributed by atoms with Crippen LogP contribution in [0.5, 0.6) is 0 Å². The molecule has 0 radical (unpaired) electrons. The zero-order valence-corrected chi connectivity index (χ0v) is 18.1. The van der Waals surface area contributed by atoms with E-state index in [1.54, 1.807) is 45.9 Å². The molecule has 0 aromatic heterocycles. The lowest BCUT2D eigenvalue weighted by Gasteiger charge is -2.26. The summed E-state index contributed by atoms with van der Waals surface area (Å²) in [5, 5.41) is 12.5. The van der Waals surface area contributed by atoms with Crippen molar-refractivity contribution in [2.75, 3.05) is 5.32 Å². The summed E-state index contributed by atoms with van der Waals surface area (Å²) in [7, 11) is 0. The van der Waals surface area contributed by atoms with Gasteiger partial charge in [0.2, 0.25) is 0 Å². The van der Waals surface area contributed by atoms with Crippen molar-refractivity contribution in [3.05, 3.63) is 65.2 Å². The fourth-order valence-corrected chi connectivity index (χ4v) is 3.03. The van der Waals surface area contributed by atoms with Crippen molar-refractivity contribution >= 4 is 17.7 Å². The number of rotatable bonds is 6. The summed E-state index contributed by atoms with van der Waals surface area (Å²) in [6, 6.07) is 16.8. The highest BCUT2D eigenvalue weighted by Crippen LogP contribution is 2.32. The minimum atomic E-state index is -1.10. The number of nitrogens with zero attached hydrogens (tertiary/aromatic N) is 1. The lowest BCUT2D eigenvalue weighted by molar-refractivity contribution is -0.155. The van der Waals surface area contributed by atoms with Gasteiger partial charge in [-0.25, -0.2) is 4.79 Å². The van der Waals surface area contributed by atoms with Gasteiger partial charge in [0, 0.05) is 5.69 Å². The van der Waals surface area contributed by atoms with Crippen molar-refractivity contribution < 1.29 is 19.1 Å². The Morgan fingerprint density at radius 1 is 1.07 bits per heavy atom. The van der Waals surface area contributed by atoms with Crippen LogP contribution >= 0.6 is 0 Å². The van der Waals surface area contributed by atoms with E-state index in [1.165, 1.54) is 0 Å². The molecule has 1 atom stereocenters. The van der Waals surface area contributed by atoms with Crippen LogP contribution in [0.15, 0.2) is 48.5 Å². The van der Waals surface area contributed by atoms with Crippen molar-refractivity contribution in [1.29, 1.82) is 5.26 Å². The van der Waals surface area contributed by atoms with Gasteiger partial charge in [-0.2, -0.15) is 5.26 Å². The largest absolute Gasteiger partial charge is 0.460 e. The summed E-state index contributed by atoms with van der Waals surface area (Å²) in [6.07, 6.45) is -0.691. The molecule has 0 aliphatic carbocycles. The number of nitrogens with one attached hydrogen (secondary N) is 1. The van der Waals surface area contributed by atoms with E-state index < -0.39 is 23.1 Å². The molecule has 1 unspecified atom stereocenters. The molecule has 6 nitrogen and oxygen atoms in total. The van der Waals surface area contributed by atoms with Crippen LogP contribution < -0.4 is 5.32 Å². The topological polar surface area (TPSA) is 88.4 Å². The van der Waals surface area contributed by atoms with E-state index in [1.807, 2.05) is 37.3 Å². The number of ether oxygens (including phenoxy) is 2. The minimum Gasteiger partial charge on any atom is -0.460 e. The number of carbonyl (C=O) groups excluding carboxylic acids is 2. The van der Waals surface area contributed by atoms with Gasteiger partial charge in [-0.1, -0.05) is 36.4 Å². The third kappa shape index (κ3) is 6.63. The quantitative estimate of drug-likeness (QED) is 0.659. The lowest BCUT2D eigenvalue weighted by Crippen LogP contribution is -2.31. The molecule has 2 rings (SSSR count). The average molecular weight is 408 g/mol. The maximum Gasteiger partial charge on any atom is 0.411 e. The molecule has 0 heterocycles. The van der Waals surface area contributed by atoms with E-state index in [0.717, 1.165) is 11.1 Å². The van der Waals surface area contributed by atoms with Crippen LogP contribution in [-0.2, 0) is 26.3 Å². The molecule has 0 saturated carbocycles. The molecule has 0 bridgehead atoms. The first-order chi connectivity index (χ1) is 14.0. The number of anilines is 1. The van der Waals surface area contributed by atoms with Crippen molar-refractivity contribution in [3.8, 4) is 6.07 Å². The summed E-state index contributed by atoms with van der Waals surface area (Å²) in [6.45, 7) is 9.05. The van der Waals surface area contributed by atoms with E-state index >= 15 is 0 Å². The van der Waals surface area contributed by atoms with Gasteiger partial charge < -0.3 is 9.47 Å². The molecule has 0 spiro atoms. The zero-order valence-electron chi connectivity index (χ0n) is 18.1. The van der Waals surface area contributed by atoms with Gasteiger partial charge in [0.25, 0.3) is 0 Å². The zero-order chi connectivity index (χ0) is 22.4. The van der Waals surface area contributed by atoms with Crippen LogP contribution in [0.4, 0.5) is 10.5 Å². The van der Waals surface area contributed by atoms with Gasteiger partial charge >= 0.3 is 12.1 Å². The molecule has 1 amide bonds. The van der Waals surface area contributed by atoms with Gasteiger partial charge in [0.1, 0.15) is 12.2 Å². The Morgan fingerprint density at radius 2 is 1.73 bits per heavy atom. The SMILES string of the molecule is Cc1ccc(NC(=O)OCc2ccccc2)cc1C(C)(C#N)CC(=O)OC(C)(C)C. The third-order valence-electron chi connectivity index (χ3n) is 4.46. The Bertz CT molecular complexity index is 942. The number of nitriles is 1. The van der Waals surface area contributed by atoms with E-state index in [9.17, 15) is 14.9 Å². The number of carbonyl (C=O) groups is 2. The molecule has 158 valence electrons. The molecular formula is C24H28N2O4. The molecule has 30 heavy (non-hydrogen) atoms. The smallest absolute Gasteiger partial charge is 0.411 e. The third-order valence-corrected chi connectivity index (χ3v) is 4.46. The number of hydrogen-bond donors (Lipinski definition) is 1. The standard InChI is InChI=1S/C24H28N2O4/c1-17-11-12-19(26-22(28)29-15-18-9-7-6-8-10-18)13-20(17)24(5,16-25)14-21(27)30-23(2,3)4/h6-13H,14-15H2,1-5H3,(H,26,28). The number of aryl methyl sites for hydroxylation is 1. The first-order valence-corrected chi connectivity index (χ1v) is 9.74. The number of amides is 1. The first-order valence-electron chi connectivity index (χ1n) is 9.74. The molecule has 0 aliphatic heterocycles. The molecule has 0 aliphatic rings. The van der Waals surface area contributed by atoms with Crippen LogP contribution in [0, 0.1) is 18.3 Å². The van der Waals surface area contributed by atoms with E-state index in [0.29, 0.717) is 11.3 Å². The highest BCUT2D eigenvalue weighted by Gasteiger charge is 2.33. The van der Waals surface area contributed by atoms with Gasteiger partial charge in [0.05, 0.1) is 17.9 Å². The Hall–Kier alpha value is -3.33. The van der Waals surface area contributed by atoms with Gasteiger partial charge in [-0.3, -0.25) is 10.1 Å². The second-order valence-electron chi connectivity index (χ2n) is 8.42. The molecular weight excluding hydrogens is 380 g/mol. The van der Waals surface area contributed by atoms with Gasteiger partial charge in [-0.05, 0) is 63.4 Å². The molecule has 0 saturated heterocycles. The fraction of sp³-hybridized carbons (Fsp3) is 0.375. The molecule has 2 aromatic rings. The van der Waals surface area contributed by atoms with Gasteiger partial charge in [-0.15, -0.1) is 0 Å². The summed E-state index contributed by atoms with van der Waals surface area (Å²) < 4.78 is 10.6. The number of benzene rings is 2. The second kappa shape index (κ2) is 9.45. The number of hydrogen-bond acceptors (Lipinski definition) is 5. The van der Waals surface area contributed by atoms with Crippen molar-refractivity contribution in [2.24, 2.45) is 0 Å². The summed E-state index contributed by atoms with van der Waals surface area (Å²) >= 11 is 0. The van der Waals surface area contributed by atoms with Crippen LogP contribution in [-0.4, -0.2) is 17.7 Å². The maximum absolute atomic E-state index is 12.3. The monoisotopic (exact) mass is 408 g/mol. The Balaban J connectivity index is 2.13. The van der Waals surface area contributed by atoms with E-state index in [4.69, 9.17) is 9.47 Å². The average Bonchev–Trinajstić information content (AvgIpc) is 2.67. The van der Waals surface area contributed by atoms with E-state index in [2.05, 4.69) is 11.4 Å². The predicted molar refractivity (Wildman–Crippen MR) is 115 cm³/mol. The molecule has 0 fully saturated rings. The van der Waals surface area contributed by atoms with Crippen LogP contribution in [0.25, 0.3) is 0 Å². The maximum atomic E-state index is 12.3. The van der Waals surface area contributed by atoms with Crippen molar-refractivity contribution in [2.45, 2.75) is 58.7 Å². The van der Waals surface area contributed by atoms with Crippen LogP contribution in [0.2, 0.25) is 0 Å². The van der Waals surface area contributed by atoms with Crippen molar-refractivity contribution in [3.63, 3.8) is 0 Å². The van der Waals surface area contributed by atoms with Crippen LogP contribution in [0.3, 0.4) is 0 Å². The van der Waals surface area contributed by atoms with Crippen LogP contribution in [0.1, 0.15) is 50.8 Å². The summed E-state index contributed by atoms with van der Waals surface area (Å²) in [4.78, 5) is 24.5. The normalized spacial score (nSPS) is 12.9. The molecule has 6 heteroatoms. The first kappa shape index (κ1) is 23.0. The Kier molecular flexibility index (Phi) is 7.23. The highest BCUT2D eigenvalue weighted by atomic mass is 16.6. The number of esters is 1. The van der Waals surface area contributed by atoms with Gasteiger partial charge in [0.15, 0.2) is 0 Å². The van der Waals surface area contributed by atoms with Crippen molar-refractivity contribution in [1.82, 2.24) is 0 Å². The lowest BCUT2D eigenvalue weighted by atomic mass is 9.78. The highest BCUT2D eigenvalue weighted by molar-refractivity contribution is 5.85. The molecule has 1 N–H and O–H groups in total.